The summed E-state index contributed by atoms with van der Waals surface area (Å²) < 4.78 is 33.4. The van der Waals surface area contributed by atoms with E-state index in [9.17, 15) is 8.78 Å². The number of halogens is 3. The van der Waals surface area contributed by atoms with Gasteiger partial charge >= 0.3 is 0 Å². The summed E-state index contributed by atoms with van der Waals surface area (Å²) in [4.78, 5) is 8.60. The summed E-state index contributed by atoms with van der Waals surface area (Å²) in [5.74, 6) is -1.05. The molecule has 1 aromatic heterocycles. The Bertz CT molecular complexity index is 937. The molecule has 0 saturated carbocycles. The molecule has 2 aromatic carbocycles. The highest BCUT2D eigenvalue weighted by atomic mass is 79.9. The zero-order chi connectivity index (χ0) is 17.4. The highest BCUT2D eigenvalue weighted by molar-refractivity contribution is 9.10. The third-order valence-corrected chi connectivity index (χ3v) is 4.78. The predicted molar refractivity (Wildman–Crippen MR) is 94.3 cm³/mol. The summed E-state index contributed by atoms with van der Waals surface area (Å²) in [6.07, 6.45) is 1.87. The molecule has 4 rings (SSSR count). The van der Waals surface area contributed by atoms with Crippen LogP contribution in [0.15, 0.2) is 47.2 Å². The standard InChI is InChI=1S/C18H14BrF2N3O/c19-11-2-4-15-12(8-11)18(23-9-22-15)24-16-5-6-25-17(16)10-1-3-13(20)14(21)7-10/h1-4,7-9,16-17H,5-6H2,(H,22,23,24). The lowest BCUT2D eigenvalue weighted by Gasteiger charge is -2.21. The van der Waals surface area contributed by atoms with Crippen LogP contribution in [-0.4, -0.2) is 22.6 Å². The monoisotopic (exact) mass is 405 g/mol. The number of ether oxygens (including phenoxy) is 1. The van der Waals surface area contributed by atoms with Crippen LogP contribution in [0.1, 0.15) is 18.1 Å². The molecule has 7 heteroatoms. The molecule has 1 aliphatic rings. The first-order valence-electron chi connectivity index (χ1n) is 7.85. The van der Waals surface area contributed by atoms with E-state index in [1.807, 2.05) is 18.2 Å². The predicted octanol–water partition coefficient (Wildman–Crippen LogP) is 4.61. The van der Waals surface area contributed by atoms with Crippen molar-refractivity contribution < 1.29 is 13.5 Å². The molecular weight excluding hydrogens is 392 g/mol. The fourth-order valence-corrected chi connectivity index (χ4v) is 3.44. The molecule has 128 valence electrons. The van der Waals surface area contributed by atoms with Crippen molar-refractivity contribution in [3.05, 3.63) is 64.4 Å². The second-order valence-electron chi connectivity index (χ2n) is 5.89. The third kappa shape index (κ3) is 3.21. The molecule has 2 atom stereocenters. The number of anilines is 1. The van der Waals surface area contributed by atoms with Crippen molar-refractivity contribution in [2.75, 3.05) is 11.9 Å². The summed E-state index contributed by atoms with van der Waals surface area (Å²) in [5.41, 5.74) is 1.43. The minimum Gasteiger partial charge on any atom is -0.371 e. The Hall–Kier alpha value is -2.12. The molecular formula is C18H14BrF2N3O. The van der Waals surface area contributed by atoms with Gasteiger partial charge in [0.25, 0.3) is 0 Å². The van der Waals surface area contributed by atoms with Crippen molar-refractivity contribution in [3.63, 3.8) is 0 Å². The smallest absolute Gasteiger partial charge is 0.159 e. The molecule has 0 aliphatic carbocycles. The van der Waals surface area contributed by atoms with Crippen molar-refractivity contribution in [1.29, 1.82) is 0 Å². The van der Waals surface area contributed by atoms with Gasteiger partial charge < -0.3 is 10.1 Å². The summed E-state index contributed by atoms with van der Waals surface area (Å²) in [6, 6.07) is 9.54. The maximum atomic E-state index is 13.6. The van der Waals surface area contributed by atoms with Crippen LogP contribution >= 0.6 is 15.9 Å². The number of aromatic nitrogens is 2. The first kappa shape index (κ1) is 16.4. The molecule has 1 aliphatic heterocycles. The van der Waals surface area contributed by atoms with Crippen LogP contribution < -0.4 is 5.32 Å². The Morgan fingerprint density at radius 2 is 1.96 bits per heavy atom. The molecule has 1 N–H and O–H groups in total. The van der Waals surface area contributed by atoms with E-state index in [1.54, 1.807) is 6.07 Å². The molecule has 0 spiro atoms. The van der Waals surface area contributed by atoms with Crippen LogP contribution in [0.4, 0.5) is 14.6 Å². The highest BCUT2D eigenvalue weighted by Crippen LogP contribution is 2.33. The molecule has 2 heterocycles. The fourth-order valence-electron chi connectivity index (χ4n) is 3.07. The molecule has 3 aromatic rings. The molecule has 0 amide bonds. The van der Waals surface area contributed by atoms with Gasteiger partial charge in [-0.3, -0.25) is 0 Å². The average molecular weight is 406 g/mol. The van der Waals surface area contributed by atoms with Crippen molar-refractivity contribution in [3.8, 4) is 0 Å². The van der Waals surface area contributed by atoms with Crippen molar-refractivity contribution in [2.45, 2.75) is 18.6 Å². The minimum absolute atomic E-state index is 0.0954. The van der Waals surface area contributed by atoms with E-state index in [2.05, 4.69) is 31.2 Å². The second-order valence-corrected chi connectivity index (χ2v) is 6.80. The van der Waals surface area contributed by atoms with Gasteiger partial charge in [0.05, 0.1) is 11.6 Å². The third-order valence-electron chi connectivity index (χ3n) is 4.28. The lowest BCUT2D eigenvalue weighted by molar-refractivity contribution is 0.107. The Kier molecular flexibility index (Phi) is 4.35. The van der Waals surface area contributed by atoms with E-state index in [0.717, 1.165) is 27.9 Å². The van der Waals surface area contributed by atoms with Gasteiger partial charge in [-0.2, -0.15) is 0 Å². The van der Waals surface area contributed by atoms with Crippen LogP contribution in [0.3, 0.4) is 0 Å². The topological polar surface area (TPSA) is 47.0 Å². The summed E-state index contributed by atoms with van der Waals surface area (Å²) >= 11 is 3.46. The first-order valence-corrected chi connectivity index (χ1v) is 8.64. The van der Waals surface area contributed by atoms with Gasteiger partial charge in [0, 0.05) is 16.5 Å². The average Bonchev–Trinajstić information content (AvgIpc) is 3.06. The number of rotatable bonds is 3. The molecule has 2 unspecified atom stereocenters. The number of nitrogens with zero attached hydrogens (tertiary/aromatic N) is 2. The largest absolute Gasteiger partial charge is 0.371 e. The van der Waals surface area contributed by atoms with E-state index < -0.39 is 11.6 Å². The van der Waals surface area contributed by atoms with Gasteiger partial charge in [0.2, 0.25) is 0 Å². The molecule has 25 heavy (non-hydrogen) atoms. The number of benzene rings is 2. The number of hydrogen-bond donors (Lipinski definition) is 1. The summed E-state index contributed by atoms with van der Waals surface area (Å²) in [7, 11) is 0. The van der Waals surface area contributed by atoms with E-state index in [-0.39, 0.29) is 12.1 Å². The normalized spacial score (nSPS) is 20.1. The summed E-state index contributed by atoms with van der Waals surface area (Å²) in [5, 5.41) is 4.26. The summed E-state index contributed by atoms with van der Waals surface area (Å²) in [6.45, 7) is 0.536. The maximum absolute atomic E-state index is 13.6. The lowest BCUT2D eigenvalue weighted by atomic mass is 10.0. The molecule has 4 nitrogen and oxygen atoms in total. The molecule has 1 saturated heterocycles. The van der Waals surface area contributed by atoms with E-state index >= 15 is 0 Å². The van der Waals surface area contributed by atoms with Gasteiger partial charge in [0.15, 0.2) is 11.6 Å². The van der Waals surface area contributed by atoms with E-state index in [0.29, 0.717) is 18.0 Å². The molecule has 1 fully saturated rings. The van der Waals surface area contributed by atoms with Crippen LogP contribution in [0, 0.1) is 11.6 Å². The quantitative estimate of drug-likeness (QED) is 0.690. The van der Waals surface area contributed by atoms with Crippen LogP contribution in [-0.2, 0) is 4.74 Å². The van der Waals surface area contributed by atoms with Gasteiger partial charge in [-0.15, -0.1) is 0 Å². The highest BCUT2D eigenvalue weighted by Gasteiger charge is 2.31. The SMILES string of the molecule is Fc1ccc(C2OCCC2Nc2ncnc3ccc(Br)cc23)cc1F. The number of hydrogen-bond acceptors (Lipinski definition) is 4. The van der Waals surface area contributed by atoms with E-state index in [4.69, 9.17) is 4.74 Å². The molecule has 0 radical (unpaired) electrons. The Morgan fingerprint density at radius 3 is 2.80 bits per heavy atom. The van der Waals surface area contributed by atoms with Crippen molar-refractivity contribution >= 4 is 32.7 Å². The Morgan fingerprint density at radius 1 is 1.08 bits per heavy atom. The van der Waals surface area contributed by atoms with Gasteiger partial charge in [-0.1, -0.05) is 22.0 Å². The van der Waals surface area contributed by atoms with Gasteiger partial charge in [-0.25, -0.2) is 18.7 Å². The van der Waals surface area contributed by atoms with Crippen LogP contribution in [0.25, 0.3) is 10.9 Å². The van der Waals surface area contributed by atoms with Gasteiger partial charge in [-0.05, 0) is 42.3 Å². The number of fused-ring (bicyclic) bond motifs is 1. The fraction of sp³-hybridized carbons (Fsp3) is 0.222. The number of nitrogens with one attached hydrogen (secondary N) is 1. The van der Waals surface area contributed by atoms with Crippen LogP contribution in [0.5, 0.6) is 0 Å². The zero-order valence-corrected chi connectivity index (χ0v) is 14.6. The Balaban J connectivity index is 1.65. The first-order chi connectivity index (χ1) is 12.1. The van der Waals surface area contributed by atoms with Gasteiger partial charge in [0.1, 0.15) is 18.2 Å². The maximum Gasteiger partial charge on any atom is 0.159 e. The van der Waals surface area contributed by atoms with Crippen molar-refractivity contribution in [2.24, 2.45) is 0 Å². The lowest BCUT2D eigenvalue weighted by Crippen LogP contribution is -2.24. The Labute approximate surface area is 151 Å². The zero-order valence-electron chi connectivity index (χ0n) is 13.0. The minimum atomic E-state index is -0.872. The second kappa shape index (κ2) is 6.65. The van der Waals surface area contributed by atoms with Crippen LogP contribution in [0.2, 0.25) is 0 Å². The molecule has 0 bridgehead atoms. The van der Waals surface area contributed by atoms with E-state index in [1.165, 1.54) is 12.4 Å². The van der Waals surface area contributed by atoms with Crippen molar-refractivity contribution in [1.82, 2.24) is 9.97 Å².